The third kappa shape index (κ3) is 2.55. The summed E-state index contributed by atoms with van der Waals surface area (Å²) in [6.07, 6.45) is -0.306. The number of nitrogens with zero attached hydrogens (tertiary/aromatic N) is 1. The van der Waals surface area contributed by atoms with Gasteiger partial charge >= 0.3 is 6.16 Å². The third-order valence-corrected chi connectivity index (χ3v) is 1.22. The summed E-state index contributed by atoms with van der Waals surface area (Å²) < 4.78 is 8.81. The molecule has 0 aliphatic heterocycles. The van der Waals surface area contributed by atoms with E-state index in [4.69, 9.17) is 0 Å². The molecule has 0 radical (unpaired) electrons. The molecule has 0 aliphatic rings. The van der Waals surface area contributed by atoms with Crippen molar-refractivity contribution < 1.29 is 19.1 Å². The Morgan fingerprint density at radius 2 is 2.31 bits per heavy atom. The summed E-state index contributed by atoms with van der Waals surface area (Å²) in [7, 11) is 1.19. The zero-order valence-corrected chi connectivity index (χ0v) is 6.89. The Hall–Kier alpha value is -1.91. The molecule has 0 saturated carbocycles. The highest BCUT2D eigenvalue weighted by molar-refractivity contribution is 5.72. The Morgan fingerprint density at radius 3 is 2.92 bits per heavy atom. The van der Waals surface area contributed by atoms with Gasteiger partial charge < -0.3 is 9.47 Å². The zero-order chi connectivity index (χ0) is 9.68. The lowest BCUT2D eigenvalue weighted by atomic mass is 10.4. The van der Waals surface area contributed by atoms with Crippen LogP contribution in [-0.2, 0) is 4.74 Å². The average molecular weight is 181 g/mol. The molecule has 1 rings (SSSR count). The summed E-state index contributed by atoms with van der Waals surface area (Å²) in [5, 5.41) is 0. The number of hydrogen-bond acceptors (Lipinski definition) is 5. The number of methoxy groups -OCH3 is 1. The maximum atomic E-state index is 10.6. The van der Waals surface area contributed by atoms with E-state index < -0.39 is 6.16 Å². The first-order valence-electron chi connectivity index (χ1n) is 3.44. The number of aldehydes is 1. The van der Waals surface area contributed by atoms with E-state index >= 15 is 0 Å². The lowest BCUT2D eigenvalue weighted by Crippen LogP contribution is -2.08. The van der Waals surface area contributed by atoms with Gasteiger partial charge in [0.1, 0.15) is 5.69 Å². The van der Waals surface area contributed by atoms with Crippen LogP contribution in [0.4, 0.5) is 4.79 Å². The molecule has 1 aromatic rings. The minimum atomic E-state index is -0.865. The van der Waals surface area contributed by atoms with E-state index in [9.17, 15) is 9.59 Å². The molecule has 13 heavy (non-hydrogen) atoms. The van der Waals surface area contributed by atoms with Crippen molar-refractivity contribution in [1.29, 1.82) is 0 Å². The molecular weight excluding hydrogens is 174 g/mol. The predicted molar refractivity (Wildman–Crippen MR) is 42.7 cm³/mol. The van der Waals surface area contributed by atoms with Gasteiger partial charge in [-0.25, -0.2) is 9.78 Å². The van der Waals surface area contributed by atoms with Gasteiger partial charge in [0, 0.05) is 6.07 Å². The van der Waals surface area contributed by atoms with Crippen LogP contribution in [-0.4, -0.2) is 24.5 Å². The number of rotatable bonds is 2. The van der Waals surface area contributed by atoms with Gasteiger partial charge in [-0.2, -0.15) is 0 Å². The second kappa shape index (κ2) is 4.20. The Balaban J connectivity index is 2.77. The van der Waals surface area contributed by atoms with Crippen LogP contribution in [0.5, 0.6) is 5.88 Å². The smallest absolute Gasteiger partial charge is 0.437 e. The Bertz CT molecular complexity index is 324. The van der Waals surface area contributed by atoms with Gasteiger partial charge in [-0.1, -0.05) is 6.07 Å². The summed E-state index contributed by atoms with van der Waals surface area (Å²) in [6, 6.07) is 4.50. The molecule has 0 N–H and O–H groups in total. The van der Waals surface area contributed by atoms with Crippen molar-refractivity contribution in [1.82, 2.24) is 4.98 Å². The largest absolute Gasteiger partial charge is 0.514 e. The minimum absolute atomic E-state index is 0.0384. The van der Waals surface area contributed by atoms with Crippen LogP contribution in [0.1, 0.15) is 10.5 Å². The van der Waals surface area contributed by atoms with Crippen LogP contribution in [0.15, 0.2) is 18.2 Å². The highest BCUT2D eigenvalue weighted by Gasteiger charge is 2.04. The first-order chi connectivity index (χ1) is 6.26. The van der Waals surface area contributed by atoms with Gasteiger partial charge in [0.25, 0.3) is 0 Å². The van der Waals surface area contributed by atoms with Crippen molar-refractivity contribution in [2.45, 2.75) is 0 Å². The number of ether oxygens (including phenoxy) is 2. The zero-order valence-electron chi connectivity index (χ0n) is 6.89. The molecule has 0 unspecified atom stereocenters. The van der Waals surface area contributed by atoms with Crippen molar-refractivity contribution in [3.63, 3.8) is 0 Å². The standard InChI is InChI=1S/C8H7NO4/c1-12-8(11)13-7-4-2-3-6(5-10)9-7/h2-5H,1H3. The lowest BCUT2D eigenvalue weighted by molar-refractivity contribution is 0.110. The van der Waals surface area contributed by atoms with Crippen molar-refractivity contribution in [3.05, 3.63) is 23.9 Å². The summed E-state index contributed by atoms with van der Waals surface area (Å²) in [6.45, 7) is 0. The van der Waals surface area contributed by atoms with Crippen LogP contribution in [0.25, 0.3) is 0 Å². The molecule has 0 spiro atoms. The minimum Gasteiger partial charge on any atom is -0.437 e. The number of carbonyl (C=O) groups is 2. The average Bonchev–Trinajstić information content (AvgIpc) is 2.18. The molecule has 0 fully saturated rings. The number of pyridine rings is 1. The molecular formula is C8H7NO4. The Morgan fingerprint density at radius 1 is 1.54 bits per heavy atom. The quantitative estimate of drug-likeness (QED) is 0.503. The highest BCUT2D eigenvalue weighted by atomic mass is 16.7. The molecule has 5 nitrogen and oxygen atoms in total. The summed E-state index contributed by atoms with van der Waals surface area (Å²) in [5.74, 6) is 0.0384. The van der Waals surface area contributed by atoms with Crippen LogP contribution in [0.2, 0.25) is 0 Å². The van der Waals surface area contributed by atoms with E-state index in [0.717, 1.165) is 0 Å². The van der Waals surface area contributed by atoms with Gasteiger partial charge in [0.15, 0.2) is 6.29 Å². The molecule has 0 aliphatic carbocycles. The van der Waals surface area contributed by atoms with E-state index in [0.29, 0.717) is 6.29 Å². The summed E-state index contributed by atoms with van der Waals surface area (Å²) >= 11 is 0. The van der Waals surface area contributed by atoms with Crippen LogP contribution >= 0.6 is 0 Å². The van der Waals surface area contributed by atoms with Crippen molar-refractivity contribution >= 4 is 12.4 Å². The summed E-state index contributed by atoms with van der Waals surface area (Å²) in [4.78, 5) is 24.6. The van der Waals surface area contributed by atoms with Gasteiger partial charge in [-0.15, -0.1) is 0 Å². The second-order valence-corrected chi connectivity index (χ2v) is 2.07. The normalized spacial score (nSPS) is 9.00. The lowest BCUT2D eigenvalue weighted by Gasteiger charge is -2.00. The monoisotopic (exact) mass is 181 g/mol. The molecule has 1 aromatic heterocycles. The van der Waals surface area contributed by atoms with E-state index in [1.54, 1.807) is 6.07 Å². The third-order valence-electron chi connectivity index (χ3n) is 1.22. The van der Waals surface area contributed by atoms with Crippen molar-refractivity contribution in [2.24, 2.45) is 0 Å². The van der Waals surface area contributed by atoms with E-state index in [2.05, 4.69) is 14.5 Å². The first-order valence-corrected chi connectivity index (χ1v) is 3.44. The van der Waals surface area contributed by atoms with E-state index in [-0.39, 0.29) is 11.6 Å². The molecule has 5 heteroatoms. The Labute approximate surface area is 74.3 Å². The topological polar surface area (TPSA) is 65.5 Å². The van der Waals surface area contributed by atoms with Crippen molar-refractivity contribution in [3.8, 4) is 5.88 Å². The highest BCUT2D eigenvalue weighted by Crippen LogP contribution is 2.06. The number of hydrogen-bond donors (Lipinski definition) is 0. The fourth-order valence-electron chi connectivity index (χ4n) is 0.680. The molecule has 0 bridgehead atoms. The predicted octanol–water partition coefficient (Wildman–Crippen LogP) is 1.04. The van der Waals surface area contributed by atoms with Gasteiger partial charge in [0.05, 0.1) is 7.11 Å². The molecule has 0 saturated heterocycles. The fourth-order valence-corrected chi connectivity index (χ4v) is 0.680. The van der Waals surface area contributed by atoms with Crippen LogP contribution in [0.3, 0.4) is 0 Å². The van der Waals surface area contributed by atoms with E-state index in [1.807, 2.05) is 0 Å². The molecule has 1 heterocycles. The fraction of sp³-hybridized carbons (Fsp3) is 0.125. The molecule has 0 aromatic carbocycles. The van der Waals surface area contributed by atoms with E-state index in [1.165, 1.54) is 19.2 Å². The molecule has 0 amide bonds. The SMILES string of the molecule is COC(=O)Oc1cccc(C=O)n1. The second-order valence-electron chi connectivity index (χ2n) is 2.07. The van der Waals surface area contributed by atoms with Gasteiger partial charge in [-0.3, -0.25) is 4.79 Å². The van der Waals surface area contributed by atoms with Crippen LogP contribution in [0, 0.1) is 0 Å². The number of aromatic nitrogens is 1. The maximum Gasteiger partial charge on any atom is 0.514 e. The first kappa shape index (κ1) is 9.18. The molecule has 68 valence electrons. The van der Waals surface area contributed by atoms with Crippen LogP contribution < -0.4 is 4.74 Å². The summed E-state index contributed by atoms with van der Waals surface area (Å²) in [5.41, 5.74) is 0.196. The van der Waals surface area contributed by atoms with Gasteiger partial charge in [0.2, 0.25) is 5.88 Å². The maximum absolute atomic E-state index is 10.6. The number of carbonyl (C=O) groups excluding carboxylic acids is 2. The van der Waals surface area contributed by atoms with Gasteiger partial charge in [-0.05, 0) is 6.07 Å². The Kier molecular flexibility index (Phi) is 2.97. The van der Waals surface area contributed by atoms with Crippen molar-refractivity contribution in [2.75, 3.05) is 7.11 Å². The molecule has 0 atom stereocenters.